The number of nitrogens with zero attached hydrogens (tertiary/aromatic N) is 3. The van der Waals surface area contributed by atoms with Crippen molar-refractivity contribution in [3.05, 3.63) is 35.1 Å². The number of methoxy groups -OCH3 is 1. The minimum atomic E-state index is -4.08. The van der Waals surface area contributed by atoms with Gasteiger partial charge in [-0.2, -0.15) is 0 Å². The van der Waals surface area contributed by atoms with Gasteiger partial charge in [0.15, 0.2) is 4.90 Å². The molecule has 0 aliphatic carbocycles. The second-order valence-corrected chi connectivity index (χ2v) is 9.18. The van der Waals surface area contributed by atoms with Gasteiger partial charge in [0.2, 0.25) is 11.8 Å². The molecule has 1 fully saturated rings. The highest BCUT2D eigenvalue weighted by Gasteiger charge is 2.27. The third-order valence-electron chi connectivity index (χ3n) is 4.82. The number of rotatable bonds is 5. The minimum Gasteiger partial charge on any atom is -0.480 e. The van der Waals surface area contributed by atoms with Crippen molar-refractivity contribution in [2.45, 2.75) is 24.0 Å². The molecule has 0 bridgehead atoms. The number of anilines is 1. The van der Waals surface area contributed by atoms with E-state index in [1.165, 1.54) is 30.5 Å². The second kappa shape index (κ2) is 9.35. The molecular weight excluding hydrogens is 464 g/mol. The van der Waals surface area contributed by atoms with Crippen molar-refractivity contribution in [2.24, 2.45) is 0 Å². The number of amides is 1. The first-order valence-electron chi connectivity index (χ1n) is 9.73. The van der Waals surface area contributed by atoms with E-state index in [9.17, 15) is 13.2 Å². The van der Waals surface area contributed by atoms with Crippen molar-refractivity contribution >= 4 is 33.4 Å². The lowest BCUT2D eigenvalue weighted by Gasteiger charge is -2.21. The Balaban J connectivity index is 1.54. The van der Waals surface area contributed by atoms with Gasteiger partial charge in [0, 0.05) is 18.2 Å². The highest BCUT2D eigenvalue weighted by Crippen LogP contribution is 2.29. The van der Waals surface area contributed by atoms with E-state index in [2.05, 4.69) is 14.7 Å². The molecule has 2 aromatic rings. The van der Waals surface area contributed by atoms with Crippen LogP contribution in [0.2, 0.25) is 5.02 Å². The van der Waals surface area contributed by atoms with Crippen LogP contribution in [0.5, 0.6) is 11.8 Å². The number of aromatic nitrogens is 2. The Morgan fingerprint density at radius 2 is 2.12 bits per heavy atom. The minimum absolute atomic E-state index is 0.0993. The molecule has 2 aliphatic rings. The van der Waals surface area contributed by atoms with Crippen LogP contribution in [0.15, 0.2) is 29.4 Å². The predicted octanol–water partition coefficient (Wildman–Crippen LogP) is 2.06. The number of sulfonamides is 1. The van der Waals surface area contributed by atoms with Crippen molar-refractivity contribution in [3.8, 4) is 11.8 Å². The Labute approximate surface area is 189 Å². The number of carbonyl (C=O) groups excluding carboxylic acids is 1. The maximum Gasteiger partial charge on any atom is 0.410 e. The van der Waals surface area contributed by atoms with E-state index in [1.54, 1.807) is 6.07 Å². The van der Waals surface area contributed by atoms with Crippen molar-refractivity contribution in [2.75, 3.05) is 38.2 Å². The molecule has 1 unspecified atom stereocenters. The Kier molecular flexibility index (Phi) is 6.53. The van der Waals surface area contributed by atoms with Crippen LogP contribution in [-0.4, -0.2) is 69.0 Å². The largest absolute Gasteiger partial charge is 0.480 e. The second-order valence-electron chi connectivity index (χ2n) is 7.09. The molecule has 11 nitrogen and oxygen atoms in total. The standard InChI is InChI=1S/C19H21ClN4O7S/c1-28-18-16(7-13(20)8-21-18)32(26,27)23-14-6-12-10-24(3-5-30-17(12)22-9-14)19(25)31-15-2-4-29-11-15/h6-9,15,23H,2-5,10-11H2,1H3. The smallest absolute Gasteiger partial charge is 0.410 e. The normalized spacial score (nSPS) is 18.3. The van der Waals surface area contributed by atoms with Crippen LogP contribution in [0.25, 0.3) is 0 Å². The van der Waals surface area contributed by atoms with Gasteiger partial charge >= 0.3 is 6.09 Å². The summed E-state index contributed by atoms with van der Waals surface area (Å²) in [5, 5.41) is 0.140. The number of pyridine rings is 2. The summed E-state index contributed by atoms with van der Waals surface area (Å²) < 4.78 is 49.6. The van der Waals surface area contributed by atoms with Gasteiger partial charge in [-0.25, -0.2) is 23.2 Å². The van der Waals surface area contributed by atoms with Gasteiger partial charge in [-0.05, 0) is 12.1 Å². The molecule has 172 valence electrons. The van der Waals surface area contributed by atoms with E-state index < -0.39 is 16.1 Å². The summed E-state index contributed by atoms with van der Waals surface area (Å²) in [6, 6.07) is 2.79. The summed E-state index contributed by atoms with van der Waals surface area (Å²) >= 11 is 5.91. The monoisotopic (exact) mass is 484 g/mol. The Hall–Kier alpha value is -2.83. The summed E-state index contributed by atoms with van der Waals surface area (Å²) in [6.45, 7) is 1.61. The molecule has 0 saturated carbocycles. The lowest BCUT2D eigenvalue weighted by atomic mass is 10.2. The molecule has 13 heteroatoms. The number of ether oxygens (including phenoxy) is 4. The fourth-order valence-electron chi connectivity index (χ4n) is 3.28. The molecule has 1 N–H and O–H groups in total. The van der Waals surface area contributed by atoms with Crippen LogP contribution >= 0.6 is 11.6 Å². The average molecular weight is 485 g/mol. The van der Waals surface area contributed by atoms with Crippen LogP contribution in [0.4, 0.5) is 10.5 Å². The van der Waals surface area contributed by atoms with Gasteiger partial charge in [0.25, 0.3) is 10.0 Å². The zero-order valence-electron chi connectivity index (χ0n) is 17.1. The molecular formula is C19H21ClN4O7S. The first kappa shape index (κ1) is 22.4. The molecule has 2 aromatic heterocycles. The summed E-state index contributed by atoms with van der Waals surface area (Å²) in [4.78, 5) is 21.9. The molecule has 1 amide bonds. The number of carbonyl (C=O) groups is 1. The lowest BCUT2D eigenvalue weighted by Crippen LogP contribution is -2.35. The summed E-state index contributed by atoms with van der Waals surface area (Å²) in [6.07, 6.45) is 2.50. The highest BCUT2D eigenvalue weighted by molar-refractivity contribution is 7.92. The molecule has 0 radical (unpaired) electrons. The molecule has 1 saturated heterocycles. The van der Waals surface area contributed by atoms with E-state index in [0.29, 0.717) is 37.6 Å². The van der Waals surface area contributed by atoms with Gasteiger partial charge in [-0.1, -0.05) is 11.6 Å². The number of hydrogen-bond donors (Lipinski definition) is 1. The van der Waals surface area contributed by atoms with Crippen LogP contribution in [0, 0.1) is 0 Å². The zero-order valence-corrected chi connectivity index (χ0v) is 18.7. The van der Waals surface area contributed by atoms with E-state index in [4.69, 9.17) is 30.5 Å². The quantitative estimate of drug-likeness (QED) is 0.677. The SMILES string of the molecule is COc1ncc(Cl)cc1S(=O)(=O)Nc1cnc2c(c1)CN(C(=O)OC1CCOC1)CCO2. The van der Waals surface area contributed by atoms with Crippen LogP contribution in [-0.2, 0) is 26.0 Å². The maximum absolute atomic E-state index is 12.9. The lowest BCUT2D eigenvalue weighted by molar-refractivity contribution is 0.0516. The van der Waals surface area contributed by atoms with Crippen LogP contribution < -0.4 is 14.2 Å². The molecule has 32 heavy (non-hydrogen) atoms. The molecule has 2 aliphatic heterocycles. The Morgan fingerprint density at radius 3 is 2.88 bits per heavy atom. The summed E-state index contributed by atoms with van der Waals surface area (Å²) in [5.41, 5.74) is 0.701. The third kappa shape index (κ3) is 4.97. The highest BCUT2D eigenvalue weighted by atomic mass is 35.5. The number of nitrogens with one attached hydrogen (secondary N) is 1. The van der Waals surface area contributed by atoms with E-state index in [0.717, 1.165) is 0 Å². The van der Waals surface area contributed by atoms with Gasteiger partial charge in [0.05, 0.1) is 50.3 Å². The van der Waals surface area contributed by atoms with Gasteiger partial charge < -0.3 is 23.8 Å². The maximum atomic E-state index is 12.9. The topological polar surface area (TPSA) is 129 Å². The van der Waals surface area contributed by atoms with Crippen molar-refractivity contribution < 1.29 is 32.2 Å². The van der Waals surface area contributed by atoms with Gasteiger partial charge in [-0.3, -0.25) is 4.72 Å². The predicted molar refractivity (Wildman–Crippen MR) is 112 cm³/mol. The van der Waals surface area contributed by atoms with Crippen LogP contribution in [0.1, 0.15) is 12.0 Å². The van der Waals surface area contributed by atoms with Crippen LogP contribution in [0.3, 0.4) is 0 Å². The molecule has 0 aromatic carbocycles. The number of halogens is 1. The van der Waals surface area contributed by atoms with Gasteiger partial charge in [-0.15, -0.1) is 0 Å². The molecule has 4 heterocycles. The summed E-state index contributed by atoms with van der Waals surface area (Å²) in [7, 11) is -2.77. The first-order chi connectivity index (χ1) is 15.4. The third-order valence-corrected chi connectivity index (χ3v) is 6.40. The molecule has 0 spiro atoms. The number of hydrogen-bond acceptors (Lipinski definition) is 9. The zero-order chi connectivity index (χ0) is 22.7. The molecule has 4 rings (SSSR count). The summed E-state index contributed by atoms with van der Waals surface area (Å²) in [5.74, 6) is 0.215. The van der Waals surface area contributed by atoms with Gasteiger partial charge in [0.1, 0.15) is 12.7 Å². The average Bonchev–Trinajstić information content (AvgIpc) is 3.17. The first-order valence-corrected chi connectivity index (χ1v) is 11.6. The Bertz CT molecular complexity index is 1110. The van der Waals surface area contributed by atoms with E-state index in [-0.39, 0.29) is 40.7 Å². The fourth-order valence-corrected chi connectivity index (χ4v) is 4.68. The van der Waals surface area contributed by atoms with Crippen molar-refractivity contribution in [1.82, 2.24) is 14.9 Å². The van der Waals surface area contributed by atoms with Crippen molar-refractivity contribution in [1.29, 1.82) is 0 Å². The van der Waals surface area contributed by atoms with E-state index >= 15 is 0 Å². The Morgan fingerprint density at radius 1 is 1.28 bits per heavy atom. The fraction of sp³-hybridized carbons (Fsp3) is 0.421. The number of fused-ring (bicyclic) bond motifs is 1. The molecule has 1 atom stereocenters. The van der Waals surface area contributed by atoms with Crippen molar-refractivity contribution in [3.63, 3.8) is 0 Å². The van der Waals surface area contributed by atoms with E-state index in [1.807, 2.05) is 0 Å².